The number of phenols is 2. The zero-order valence-corrected chi connectivity index (χ0v) is 11.5. The van der Waals surface area contributed by atoms with Crippen LogP contribution in [0.3, 0.4) is 0 Å². The van der Waals surface area contributed by atoms with Crippen LogP contribution in [0.25, 0.3) is 0 Å². The molecule has 0 atom stereocenters. The number of anilines is 1. The Kier molecular flexibility index (Phi) is 3.83. The van der Waals surface area contributed by atoms with E-state index in [0.29, 0.717) is 5.69 Å². The predicted molar refractivity (Wildman–Crippen MR) is 75.5 cm³/mol. The van der Waals surface area contributed by atoms with E-state index in [1.54, 1.807) is 0 Å². The van der Waals surface area contributed by atoms with Gasteiger partial charge < -0.3 is 15.5 Å². The molecule has 0 unspecified atom stereocenters. The molecule has 7 nitrogen and oxygen atoms in total. The van der Waals surface area contributed by atoms with Gasteiger partial charge in [0.05, 0.1) is 10.5 Å². The van der Waals surface area contributed by atoms with E-state index >= 15 is 0 Å². The van der Waals surface area contributed by atoms with Crippen molar-refractivity contribution in [2.45, 2.75) is 4.90 Å². The average molecular weight is 308 g/mol. The minimum atomic E-state index is -3.80. The second kappa shape index (κ2) is 5.43. The summed E-state index contributed by atoms with van der Waals surface area (Å²) in [4.78, 5) is 11.9. The number of primary sulfonamides is 1. The lowest BCUT2D eigenvalue weighted by molar-refractivity contribution is 0.102. The summed E-state index contributed by atoms with van der Waals surface area (Å²) in [5, 5.41) is 26.3. The number of nitrogens with one attached hydrogen (secondary N) is 1. The first-order valence-corrected chi connectivity index (χ1v) is 7.28. The highest BCUT2D eigenvalue weighted by molar-refractivity contribution is 7.89. The van der Waals surface area contributed by atoms with E-state index in [-0.39, 0.29) is 22.0 Å². The zero-order valence-electron chi connectivity index (χ0n) is 10.6. The van der Waals surface area contributed by atoms with Gasteiger partial charge in [-0.2, -0.15) is 0 Å². The molecule has 2 aromatic rings. The van der Waals surface area contributed by atoms with Gasteiger partial charge in [-0.3, -0.25) is 4.79 Å². The fourth-order valence-corrected chi connectivity index (χ4v) is 2.15. The minimum Gasteiger partial charge on any atom is -0.508 e. The van der Waals surface area contributed by atoms with Crippen LogP contribution < -0.4 is 10.5 Å². The normalized spacial score (nSPS) is 11.1. The van der Waals surface area contributed by atoms with Gasteiger partial charge in [0.2, 0.25) is 10.0 Å². The number of amides is 1. The number of hydrogen-bond acceptors (Lipinski definition) is 5. The number of phenolic OH excluding ortho intramolecular Hbond substituents is 2. The molecule has 0 aromatic heterocycles. The number of rotatable bonds is 3. The Morgan fingerprint density at radius 2 is 1.67 bits per heavy atom. The summed E-state index contributed by atoms with van der Waals surface area (Å²) < 4.78 is 22.2. The predicted octanol–water partition coefficient (Wildman–Crippen LogP) is 0.998. The fourth-order valence-electron chi connectivity index (χ4n) is 1.63. The second-order valence-corrected chi connectivity index (χ2v) is 5.79. The molecule has 1 amide bonds. The van der Waals surface area contributed by atoms with Crippen LogP contribution >= 0.6 is 0 Å². The van der Waals surface area contributed by atoms with Gasteiger partial charge in [0.25, 0.3) is 5.91 Å². The molecule has 21 heavy (non-hydrogen) atoms. The molecule has 8 heteroatoms. The average Bonchev–Trinajstić information content (AvgIpc) is 2.41. The zero-order chi connectivity index (χ0) is 15.6. The first-order chi connectivity index (χ1) is 9.77. The lowest BCUT2D eigenvalue weighted by atomic mass is 10.1. The van der Waals surface area contributed by atoms with E-state index in [9.17, 15) is 23.4 Å². The Morgan fingerprint density at radius 3 is 2.24 bits per heavy atom. The summed E-state index contributed by atoms with van der Waals surface area (Å²) in [6.07, 6.45) is 0. The number of carbonyl (C=O) groups excluding carboxylic acids is 1. The molecule has 0 radical (unpaired) electrons. The Balaban J connectivity index is 2.22. The summed E-state index contributed by atoms with van der Waals surface area (Å²) in [7, 11) is -3.80. The van der Waals surface area contributed by atoms with Gasteiger partial charge in [0, 0.05) is 5.69 Å². The number of aromatic hydroxyl groups is 2. The van der Waals surface area contributed by atoms with Crippen LogP contribution in [0.4, 0.5) is 5.69 Å². The van der Waals surface area contributed by atoms with Gasteiger partial charge in [0.1, 0.15) is 11.5 Å². The second-order valence-electron chi connectivity index (χ2n) is 4.22. The molecule has 2 rings (SSSR count). The first-order valence-electron chi connectivity index (χ1n) is 5.73. The first kappa shape index (κ1) is 14.8. The topological polar surface area (TPSA) is 130 Å². The van der Waals surface area contributed by atoms with Crippen molar-refractivity contribution >= 4 is 21.6 Å². The summed E-state index contributed by atoms with van der Waals surface area (Å²) in [6, 6.07) is 8.75. The SMILES string of the molecule is NS(=O)(=O)c1ccc(NC(=O)c2cc(O)ccc2O)cc1. The molecule has 5 N–H and O–H groups in total. The summed E-state index contributed by atoms with van der Waals surface area (Å²) in [6.45, 7) is 0. The van der Waals surface area contributed by atoms with Crippen LogP contribution in [0.1, 0.15) is 10.4 Å². The molecule has 0 saturated carbocycles. The highest BCUT2D eigenvalue weighted by Crippen LogP contribution is 2.23. The van der Waals surface area contributed by atoms with E-state index in [1.807, 2.05) is 0 Å². The number of carbonyl (C=O) groups is 1. The molecule has 0 saturated heterocycles. The Labute approximate surface area is 120 Å². The number of sulfonamides is 1. The number of benzene rings is 2. The van der Waals surface area contributed by atoms with Crippen LogP contribution in [0, 0.1) is 0 Å². The molecule has 2 aromatic carbocycles. The Bertz CT molecular complexity index is 785. The van der Waals surface area contributed by atoms with Crippen LogP contribution in [0.5, 0.6) is 11.5 Å². The van der Waals surface area contributed by atoms with Crippen molar-refractivity contribution in [3.8, 4) is 11.5 Å². The monoisotopic (exact) mass is 308 g/mol. The largest absolute Gasteiger partial charge is 0.508 e. The Hall–Kier alpha value is -2.58. The minimum absolute atomic E-state index is 0.0827. The van der Waals surface area contributed by atoms with Gasteiger partial charge in [-0.1, -0.05) is 0 Å². The fraction of sp³-hybridized carbons (Fsp3) is 0. The third-order valence-electron chi connectivity index (χ3n) is 2.67. The number of hydrogen-bond donors (Lipinski definition) is 4. The summed E-state index contributed by atoms with van der Waals surface area (Å²) in [5.74, 6) is -1.10. The molecule has 0 fully saturated rings. The lowest BCUT2D eigenvalue weighted by Crippen LogP contribution is -2.14. The van der Waals surface area contributed by atoms with Crippen molar-refractivity contribution < 1.29 is 23.4 Å². The van der Waals surface area contributed by atoms with Crippen molar-refractivity contribution in [2.75, 3.05) is 5.32 Å². The maximum Gasteiger partial charge on any atom is 0.259 e. The van der Waals surface area contributed by atoms with Crippen molar-refractivity contribution in [1.82, 2.24) is 0 Å². The molecule has 0 spiro atoms. The maximum absolute atomic E-state index is 11.9. The van der Waals surface area contributed by atoms with E-state index in [1.165, 1.54) is 36.4 Å². The van der Waals surface area contributed by atoms with Crippen LogP contribution in [-0.2, 0) is 10.0 Å². The molecular formula is C13H12N2O5S. The van der Waals surface area contributed by atoms with Crippen LogP contribution in [0.15, 0.2) is 47.4 Å². The van der Waals surface area contributed by atoms with Gasteiger partial charge in [0.15, 0.2) is 0 Å². The van der Waals surface area contributed by atoms with Crippen LogP contribution in [0.2, 0.25) is 0 Å². The highest BCUT2D eigenvalue weighted by Gasteiger charge is 2.13. The molecule has 0 aliphatic heterocycles. The van der Waals surface area contributed by atoms with Crippen molar-refractivity contribution in [3.63, 3.8) is 0 Å². The maximum atomic E-state index is 11.9. The lowest BCUT2D eigenvalue weighted by Gasteiger charge is -2.08. The standard InChI is InChI=1S/C13H12N2O5S/c14-21(19,20)10-4-1-8(2-5-10)15-13(18)11-7-9(16)3-6-12(11)17/h1-7,16-17H,(H,15,18)(H2,14,19,20). The Morgan fingerprint density at radius 1 is 1.05 bits per heavy atom. The number of nitrogens with two attached hydrogens (primary N) is 1. The third-order valence-corrected chi connectivity index (χ3v) is 3.59. The third kappa shape index (κ3) is 3.50. The quantitative estimate of drug-likeness (QED) is 0.628. The van der Waals surface area contributed by atoms with Crippen molar-refractivity contribution in [1.29, 1.82) is 0 Å². The smallest absolute Gasteiger partial charge is 0.259 e. The highest BCUT2D eigenvalue weighted by atomic mass is 32.2. The van der Waals surface area contributed by atoms with Crippen molar-refractivity contribution in [3.05, 3.63) is 48.0 Å². The van der Waals surface area contributed by atoms with Gasteiger partial charge in [-0.15, -0.1) is 0 Å². The molecule has 0 aliphatic rings. The summed E-state index contributed by atoms with van der Waals surface area (Å²) >= 11 is 0. The van der Waals surface area contributed by atoms with Crippen molar-refractivity contribution in [2.24, 2.45) is 5.14 Å². The molecule has 110 valence electrons. The van der Waals surface area contributed by atoms with Crippen LogP contribution in [-0.4, -0.2) is 24.5 Å². The van der Waals surface area contributed by atoms with Gasteiger partial charge in [-0.05, 0) is 42.5 Å². The molecule has 0 bridgehead atoms. The van der Waals surface area contributed by atoms with Gasteiger partial charge >= 0.3 is 0 Å². The molecular weight excluding hydrogens is 296 g/mol. The van der Waals surface area contributed by atoms with E-state index in [4.69, 9.17) is 5.14 Å². The van der Waals surface area contributed by atoms with Gasteiger partial charge in [-0.25, -0.2) is 13.6 Å². The van der Waals surface area contributed by atoms with E-state index in [0.717, 1.165) is 6.07 Å². The summed E-state index contributed by atoms with van der Waals surface area (Å²) in [5.41, 5.74) is 0.209. The molecule has 0 heterocycles. The van der Waals surface area contributed by atoms with E-state index in [2.05, 4.69) is 5.32 Å². The molecule has 0 aliphatic carbocycles. The van der Waals surface area contributed by atoms with E-state index < -0.39 is 15.9 Å².